The highest BCUT2D eigenvalue weighted by molar-refractivity contribution is 5.96. The van der Waals surface area contributed by atoms with Crippen LogP contribution >= 0.6 is 0 Å². The number of rotatable bonds is 4. The molecule has 96 valence electrons. The van der Waals surface area contributed by atoms with E-state index in [1.807, 2.05) is 32.0 Å². The number of fused-ring (bicyclic) bond motifs is 1. The monoisotopic (exact) mass is 246 g/mol. The van der Waals surface area contributed by atoms with Gasteiger partial charge in [0.15, 0.2) is 0 Å². The van der Waals surface area contributed by atoms with Gasteiger partial charge in [0.25, 0.3) is 0 Å². The smallest absolute Gasteiger partial charge is 0.127 e. The molecule has 0 aliphatic carbocycles. The summed E-state index contributed by atoms with van der Waals surface area (Å²) in [4.78, 5) is 4.26. The van der Waals surface area contributed by atoms with Crippen molar-refractivity contribution >= 4 is 16.5 Å². The van der Waals surface area contributed by atoms with Gasteiger partial charge in [-0.05, 0) is 32.0 Å². The molecule has 4 heteroatoms. The van der Waals surface area contributed by atoms with Crippen molar-refractivity contribution in [3.05, 3.63) is 30.1 Å². The number of aromatic nitrogens is 1. The molecule has 1 unspecified atom stereocenters. The van der Waals surface area contributed by atoms with E-state index in [1.165, 1.54) is 0 Å². The van der Waals surface area contributed by atoms with Crippen molar-refractivity contribution in [2.24, 2.45) is 0 Å². The van der Waals surface area contributed by atoms with E-state index in [2.05, 4.69) is 4.98 Å². The van der Waals surface area contributed by atoms with Crippen LogP contribution in [-0.2, 0) is 4.74 Å². The highest BCUT2D eigenvalue weighted by Crippen LogP contribution is 2.30. The Kier molecular flexibility index (Phi) is 3.67. The molecular formula is C14H18N2O2. The standard InChI is InChI=1S/C14H18N2O2/c1-9-6-11-12(7-16-9)13(15)4-5-14(11)18-10(2)8-17-3/h4-7,10H,8,15H2,1-3H3. The molecule has 0 spiro atoms. The second kappa shape index (κ2) is 5.23. The van der Waals surface area contributed by atoms with Crippen LogP contribution in [0.1, 0.15) is 12.6 Å². The van der Waals surface area contributed by atoms with E-state index in [4.69, 9.17) is 15.2 Å². The zero-order chi connectivity index (χ0) is 13.1. The number of hydrogen-bond acceptors (Lipinski definition) is 4. The Balaban J connectivity index is 2.44. The molecular weight excluding hydrogens is 228 g/mol. The molecule has 2 N–H and O–H groups in total. The molecule has 0 fully saturated rings. The van der Waals surface area contributed by atoms with Crippen LogP contribution in [0.25, 0.3) is 10.8 Å². The first-order valence-electron chi connectivity index (χ1n) is 5.92. The van der Waals surface area contributed by atoms with Crippen molar-refractivity contribution in [2.75, 3.05) is 19.5 Å². The van der Waals surface area contributed by atoms with Gasteiger partial charge in [-0.2, -0.15) is 0 Å². The van der Waals surface area contributed by atoms with Crippen molar-refractivity contribution in [3.63, 3.8) is 0 Å². The number of methoxy groups -OCH3 is 1. The van der Waals surface area contributed by atoms with Crippen molar-refractivity contribution < 1.29 is 9.47 Å². The maximum atomic E-state index is 5.94. The molecule has 1 heterocycles. The largest absolute Gasteiger partial charge is 0.488 e. The van der Waals surface area contributed by atoms with Crippen molar-refractivity contribution in [1.29, 1.82) is 0 Å². The minimum atomic E-state index is -0.00436. The van der Waals surface area contributed by atoms with Gasteiger partial charge < -0.3 is 15.2 Å². The summed E-state index contributed by atoms with van der Waals surface area (Å²) in [5, 5.41) is 1.91. The fourth-order valence-electron chi connectivity index (χ4n) is 1.93. The first kappa shape index (κ1) is 12.6. The Morgan fingerprint density at radius 1 is 1.33 bits per heavy atom. The molecule has 0 aliphatic rings. The number of aryl methyl sites for hydroxylation is 1. The van der Waals surface area contributed by atoms with Gasteiger partial charge in [0, 0.05) is 35.5 Å². The molecule has 1 atom stereocenters. The summed E-state index contributed by atoms with van der Waals surface area (Å²) in [5.74, 6) is 0.814. The number of pyridine rings is 1. The van der Waals surface area contributed by atoms with Crippen molar-refractivity contribution in [2.45, 2.75) is 20.0 Å². The summed E-state index contributed by atoms with van der Waals surface area (Å²) < 4.78 is 10.9. The number of hydrogen-bond donors (Lipinski definition) is 1. The van der Waals surface area contributed by atoms with Gasteiger partial charge in [-0.15, -0.1) is 0 Å². The average Bonchev–Trinajstić information content (AvgIpc) is 2.33. The summed E-state index contributed by atoms with van der Waals surface area (Å²) in [5.41, 5.74) is 7.60. The topological polar surface area (TPSA) is 57.4 Å². The summed E-state index contributed by atoms with van der Waals surface area (Å²) in [6.45, 7) is 4.47. The van der Waals surface area contributed by atoms with Crippen LogP contribution in [-0.4, -0.2) is 24.8 Å². The minimum Gasteiger partial charge on any atom is -0.488 e. The van der Waals surface area contributed by atoms with Crippen molar-refractivity contribution in [1.82, 2.24) is 4.98 Å². The van der Waals surface area contributed by atoms with Crippen LogP contribution < -0.4 is 10.5 Å². The van der Waals surface area contributed by atoms with Crippen LogP contribution in [0.2, 0.25) is 0 Å². The van der Waals surface area contributed by atoms with Gasteiger partial charge in [-0.3, -0.25) is 4.98 Å². The SMILES string of the molecule is COCC(C)Oc1ccc(N)c2cnc(C)cc12. The molecule has 0 saturated carbocycles. The zero-order valence-electron chi connectivity index (χ0n) is 10.9. The second-order valence-corrected chi connectivity index (χ2v) is 4.41. The van der Waals surface area contributed by atoms with Crippen LogP contribution in [0.4, 0.5) is 5.69 Å². The fourth-order valence-corrected chi connectivity index (χ4v) is 1.93. The number of ether oxygens (including phenoxy) is 2. The van der Waals surface area contributed by atoms with Crippen LogP contribution in [0.5, 0.6) is 5.75 Å². The maximum Gasteiger partial charge on any atom is 0.127 e. The minimum absolute atomic E-state index is 0.00436. The summed E-state index contributed by atoms with van der Waals surface area (Å²) in [7, 11) is 1.66. The Hall–Kier alpha value is -1.81. The Morgan fingerprint density at radius 2 is 2.11 bits per heavy atom. The first-order chi connectivity index (χ1) is 8.61. The van der Waals surface area contributed by atoms with Gasteiger partial charge in [0.05, 0.1) is 6.61 Å². The van der Waals surface area contributed by atoms with E-state index < -0.39 is 0 Å². The van der Waals surface area contributed by atoms with E-state index in [-0.39, 0.29) is 6.10 Å². The molecule has 0 bridgehead atoms. The molecule has 0 amide bonds. The third-order valence-electron chi connectivity index (χ3n) is 2.76. The van der Waals surface area contributed by atoms with Gasteiger partial charge in [-0.25, -0.2) is 0 Å². The summed E-state index contributed by atoms with van der Waals surface area (Å²) >= 11 is 0. The lowest BCUT2D eigenvalue weighted by Crippen LogP contribution is -2.18. The van der Waals surface area contributed by atoms with Gasteiger partial charge in [0.2, 0.25) is 0 Å². The highest BCUT2D eigenvalue weighted by Gasteiger charge is 2.09. The molecule has 18 heavy (non-hydrogen) atoms. The van der Waals surface area contributed by atoms with Crippen LogP contribution in [0.15, 0.2) is 24.4 Å². The van der Waals surface area contributed by atoms with Gasteiger partial charge in [0.1, 0.15) is 11.9 Å². The second-order valence-electron chi connectivity index (χ2n) is 4.41. The number of anilines is 1. The number of nitrogens with zero attached hydrogens (tertiary/aromatic N) is 1. The predicted octanol–water partition coefficient (Wildman–Crippen LogP) is 2.54. The first-order valence-corrected chi connectivity index (χ1v) is 5.92. The lowest BCUT2D eigenvalue weighted by molar-refractivity contribution is 0.0931. The van der Waals surface area contributed by atoms with E-state index >= 15 is 0 Å². The molecule has 1 aromatic heterocycles. The maximum absolute atomic E-state index is 5.94. The third kappa shape index (κ3) is 2.54. The highest BCUT2D eigenvalue weighted by atomic mass is 16.5. The lowest BCUT2D eigenvalue weighted by Gasteiger charge is -2.16. The molecule has 2 aromatic rings. The molecule has 4 nitrogen and oxygen atoms in total. The Morgan fingerprint density at radius 3 is 2.83 bits per heavy atom. The summed E-state index contributed by atoms with van der Waals surface area (Å²) in [6, 6.07) is 5.72. The molecule has 0 radical (unpaired) electrons. The average molecular weight is 246 g/mol. The van der Waals surface area contributed by atoms with E-state index in [1.54, 1.807) is 13.3 Å². The lowest BCUT2D eigenvalue weighted by atomic mass is 10.1. The number of nitrogen functional groups attached to an aromatic ring is 1. The van der Waals surface area contributed by atoms with Gasteiger partial charge in [-0.1, -0.05) is 0 Å². The molecule has 1 aromatic carbocycles. The molecule has 0 saturated heterocycles. The molecule has 2 rings (SSSR count). The van der Waals surface area contributed by atoms with E-state index in [9.17, 15) is 0 Å². The Bertz CT molecular complexity index is 555. The third-order valence-corrected chi connectivity index (χ3v) is 2.76. The van der Waals surface area contributed by atoms with Crippen molar-refractivity contribution in [3.8, 4) is 5.75 Å². The van der Waals surface area contributed by atoms with E-state index in [0.29, 0.717) is 12.3 Å². The van der Waals surface area contributed by atoms with E-state index in [0.717, 1.165) is 22.2 Å². The fraction of sp³-hybridized carbons (Fsp3) is 0.357. The Labute approximate surface area is 107 Å². The van der Waals surface area contributed by atoms with Crippen LogP contribution in [0.3, 0.4) is 0 Å². The quantitative estimate of drug-likeness (QED) is 0.842. The number of nitrogens with two attached hydrogens (primary N) is 1. The predicted molar refractivity (Wildman–Crippen MR) is 72.9 cm³/mol. The van der Waals surface area contributed by atoms with Gasteiger partial charge >= 0.3 is 0 Å². The zero-order valence-corrected chi connectivity index (χ0v) is 10.9. The number of benzene rings is 1. The van der Waals surface area contributed by atoms with Crippen LogP contribution in [0, 0.1) is 6.92 Å². The normalized spacial score (nSPS) is 12.6. The summed E-state index contributed by atoms with van der Waals surface area (Å²) in [6.07, 6.45) is 1.78. The molecule has 0 aliphatic heterocycles.